The highest BCUT2D eigenvalue weighted by molar-refractivity contribution is 5.95. The highest BCUT2D eigenvalue weighted by atomic mass is 16.5. The van der Waals surface area contributed by atoms with Crippen LogP contribution < -0.4 is 4.74 Å². The standard InChI is InChI=1S/C19H22O3/c1-4-5-8-15-14(11-12-19(20)22-3)13-18(21-2)17-10-7-6-9-16(15)17/h6-7,9-13H,4-5,8H2,1-3H3/b12-11+. The van der Waals surface area contributed by atoms with Gasteiger partial charge in [0.15, 0.2) is 0 Å². The third kappa shape index (κ3) is 3.48. The van der Waals surface area contributed by atoms with Gasteiger partial charge in [0.05, 0.1) is 14.2 Å². The fourth-order valence-electron chi connectivity index (χ4n) is 2.60. The van der Waals surface area contributed by atoms with Crippen molar-refractivity contribution in [2.45, 2.75) is 26.2 Å². The first kappa shape index (κ1) is 16.1. The number of ether oxygens (including phenoxy) is 2. The molecule has 3 nitrogen and oxygen atoms in total. The van der Waals surface area contributed by atoms with Crippen LogP contribution in [0, 0.1) is 0 Å². The van der Waals surface area contributed by atoms with Gasteiger partial charge in [-0.1, -0.05) is 37.6 Å². The quantitative estimate of drug-likeness (QED) is 0.586. The number of unbranched alkanes of at least 4 members (excludes halogenated alkanes) is 1. The second-order valence-corrected chi connectivity index (χ2v) is 5.15. The Bertz CT molecular complexity index is 686. The van der Waals surface area contributed by atoms with Gasteiger partial charge in [0.1, 0.15) is 5.75 Å². The minimum absolute atomic E-state index is 0.353. The molecule has 0 aliphatic rings. The molecule has 116 valence electrons. The molecule has 2 rings (SSSR count). The third-order valence-electron chi connectivity index (χ3n) is 3.75. The molecule has 0 saturated heterocycles. The van der Waals surface area contributed by atoms with Crippen molar-refractivity contribution < 1.29 is 14.3 Å². The van der Waals surface area contributed by atoms with Gasteiger partial charge < -0.3 is 9.47 Å². The van der Waals surface area contributed by atoms with Crippen molar-refractivity contribution in [2.24, 2.45) is 0 Å². The van der Waals surface area contributed by atoms with Crippen molar-refractivity contribution in [1.82, 2.24) is 0 Å². The number of methoxy groups -OCH3 is 2. The second-order valence-electron chi connectivity index (χ2n) is 5.15. The van der Waals surface area contributed by atoms with Crippen LogP contribution in [-0.4, -0.2) is 20.2 Å². The van der Waals surface area contributed by atoms with Gasteiger partial charge in [-0.2, -0.15) is 0 Å². The molecular formula is C19H22O3. The molecule has 0 bridgehead atoms. The number of esters is 1. The Hall–Kier alpha value is -2.29. The van der Waals surface area contributed by atoms with Crippen molar-refractivity contribution in [3.05, 3.63) is 47.5 Å². The lowest BCUT2D eigenvalue weighted by molar-refractivity contribution is -0.134. The third-order valence-corrected chi connectivity index (χ3v) is 3.75. The van der Waals surface area contributed by atoms with E-state index < -0.39 is 0 Å². The van der Waals surface area contributed by atoms with Crippen molar-refractivity contribution in [3.63, 3.8) is 0 Å². The van der Waals surface area contributed by atoms with E-state index in [1.165, 1.54) is 24.1 Å². The summed E-state index contributed by atoms with van der Waals surface area (Å²) in [5.74, 6) is 0.467. The van der Waals surface area contributed by atoms with Gasteiger partial charge in [-0.15, -0.1) is 0 Å². The number of carbonyl (C=O) groups is 1. The molecule has 0 atom stereocenters. The van der Waals surface area contributed by atoms with Gasteiger partial charge in [-0.3, -0.25) is 0 Å². The number of aryl methyl sites for hydroxylation is 1. The number of hydrogen-bond acceptors (Lipinski definition) is 3. The zero-order valence-electron chi connectivity index (χ0n) is 13.4. The molecule has 0 spiro atoms. The van der Waals surface area contributed by atoms with Crippen LogP contribution >= 0.6 is 0 Å². The first-order valence-corrected chi connectivity index (χ1v) is 7.55. The van der Waals surface area contributed by atoms with E-state index in [0.29, 0.717) is 0 Å². The van der Waals surface area contributed by atoms with E-state index in [1.54, 1.807) is 7.11 Å². The Kier molecular flexibility index (Phi) is 5.59. The molecule has 0 unspecified atom stereocenters. The maximum absolute atomic E-state index is 11.4. The maximum Gasteiger partial charge on any atom is 0.330 e. The molecular weight excluding hydrogens is 276 g/mol. The Morgan fingerprint density at radius 3 is 2.55 bits per heavy atom. The van der Waals surface area contributed by atoms with Crippen LogP contribution in [0.4, 0.5) is 0 Å². The van der Waals surface area contributed by atoms with E-state index in [0.717, 1.165) is 36.0 Å². The van der Waals surface area contributed by atoms with E-state index in [9.17, 15) is 4.79 Å². The topological polar surface area (TPSA) is 35.5 Å². The Morgan fingerprint density at radius 2 is 1.91 bits per heavy atom. The molecule has 0 heterocycles. The number of rotatable bonds is 6. The van der Waals surface area contributed by atoms with Crippen molar-refractivity contribution in [2.75, 3.05) is 14.2 Å². The summed E-state index contributed by atoms with van der Waals surface area (Å²) in [6.45, 7) is 2.18. The Morgan fingerprint density at radius 1 is 1.18 bits per heavy atom. The molecule has 0 aliphatic heterocycles. The van der Waals surface area contributed by atoms with Crippen LogP contribution in [0.25, 0.3) is 16.8 Å². The van der Waals surface area contributed by atoms with Crippen molar-refractivity contribution in [3.8, 4) is 5.75 Å². The predicted molar refractivity (Wildman–Crippen MR) is 90.2 cm³/mol. The van der Waals surface area contributed by atoms with Crippen LogP contribution in [0.2, 0.25) is 0 Å². The molecule has 2 aromatic carbocycles. The summed E-state index contributed by atoms with van der Waals surface area (Å²) >= 11 is 0. The molecule has 0 saturated carbocycles. The van der Waals surface area contributed by atoms with Gasteiger partial charge in [0, 0.05) is 11.5 Å². The fraction of sp³-hybridized carbons (Fsp3) is 0.316. The van der Waals surface area contributed by atoms with Gasteiger partial charge >= 0.3 is 5.97 Å². The molecule has 0 amide bonds. The summed E-state index contributed by atoms with van der Waals surface area (Å²) in [5, 5.41) is 2.28. The molecule has 2 aromatic rings. The SMILES string of the molecule is CCCCc1c(/C=C/C(=O)OC)cc(OC)c2ccccc12. The summed E-state index contributed by atoms with van der Waals surface area (Å²) in [6, 6.07) is 10.2. The van der Waals surface area contributed by atoms with Gasteiger partial charge in [0.25, 0.3) is 0 Å². The summed E-state index contributed by atoms with van der Waals surface area (Å²) < 4.78 is 10.2. The van der Waals surface area contributed by atoms with Crippen LogP contribution in [0.5, 0.6) is 5.75 Å². The zero-order chi connectivity index (χ0) is 15.9. The van der Waals surface area contributed by atoms with E-state index in [1.807, 2.05) is 24.3 Å². The van der Waals surface area contributed by atoms with E-state index >= 15 is 0 Å². The minimum atomic E-state index is -0.353. The molecule has 0 fully saturated rings. The number of fused-ring (bicyclic) bond motifs is 1. The monoisotopic (exact) mass is 298 g/mol. The van der Waals surface area contributed by atoms with Crippen LogP contribution in [0.1, 0.15) is 30.9 Å². The van der Waals surface area contributed by atoms with Gasteiger partial charge in [0.2, 0.25) is 0 Å². The van der Waals surface area contributed by atoms with Crippen LogP contribution in [0.15, 0.2) is 36.4 Å². The summed E-state index contributed by atoms with van der Waals surface area (Å²) in [7, 11) is 3.05. The van der Waals surface area contributed by atoms with E-state index in [4.69, 9.17) is 4.74 Å². The van der Waals surface area contributed by atoms with Crippen LogP contribution in [0.3, 0.4) is 0 Å². The first-order valence-electron chi connectivity index (χ1n) is 7.55. The van der Waals surface area contributed by atoms with E-state index in [-0.39, 0.29) is 5.97 Å². The minimum Gasteiger partial charge on any atom is -0.496 e. The zero-order valence-corrected chi connectivity index (χ0v) is 13.4. The smallest absolute Gasteiger partial charge is 0.330 e. The number of carbonyl (C=O) groups excluding carboxylic acids is 1. The Labute approximate surface area is 131 Å². The Balaban J connectivity index is 2.61. The normalized spacial score (nSPS) is 11.0. The molecule has 0 aromatic heterocycles. The van der Waals surface area contributed by atoms with Crippen LogP contribution in [-0.2, 0) is 16.0 Å². The molecule has 3 heteroatoms. The fourth-order valence-corrected chi connectivity index (χ4v) is 2.60. The number of hydrogen-bond donors (Lipinski definition) is 0. The van der Waals surface area contributed by atoms with Gasteiger partial charge in [-0.05, 0) is 41.5 Å². The maximum atomic E-state index is 11.4. The molecule has 0 aliphatic carbocycles. The number of benzene rings is 2. The van der Waals surface area contributed by atoms with E-state index in [2.05, 4.69) is 23.8 Å². The summed E-state index contributed by atoms with van der Waals surface area (Å²) in [6.07, 6.45) is 6.47. The summed E-state index contributed by atoms with van der Waals surface area (Å²) in [5.41, 5.74) is 2.26. The first-order chi connectivity index (χ1) is 10.7. The molecule has 0 radical (unpaired) electrons. The lowest BCUT2D eigenvalue weighted by atomic mass is 9.94. The second kappa shape index (κ2) is 7.64. The highest BCUT2D eigenvalue weighted by Gasteiger charge is 2.11. The summed E-state index contributed by atoms with van der Waals surface area (Å²) in [4.78, 5) is 11.4. The van der Waals surface area contributed by atoms with Gasteiger partial charge in [-0.25, -0.2) is 4.79 Å². The average molecular weight is 298 g/mol. The average Bonchev–Trinajstić information content (AvgIpc) is 2.57. The molecule has 22 heavy (non-hydrogen) atoms. The van der Waals surface area contributed by atoms with Crippen molar-refractivity contribution in [1.29, 1.82) is 0 Å². The predicted octanol–water partition coefficient (Wildman–Crippen LogP) is 4.38. The highest BCUT2D eigenvalue weighted by Crippen LogP contribution is 2.33. The van der Waals surface area contributed by atoms with Crippen molar-refractivity contribution >= 4 is 22.8 Å². The molecule has 0 N–H and O–H groups in total. The largest absolute Gasteiger partial charge is 0.496 e. The lowest BCUT2D eigenvalue weighted by Gasteiger charge is -2.14. The lowest BCUT2D eigenvalue weighted by Crippen LogP contribution is -1.97.